The lowest BCUT2D eigenvalue weighted by Crippen LogP contribution is -2.52. The van der Waals surface area contributed by atoms with Crippen LogP contribution in [0.2, 0.25) is 0 Å². The smallest absolute Gasteiger partial charge is 0.351 e. The number of hydrogen-bond donors (Lipinski definition) is 0. The molecular weight excluding hydrogens is 412 g/mol. The van der Waals surface area contributed by atoms with Crippen LogP contribution >= 0.6 is 0 Å². The van der Waals surface area contributed by atoms with Crippen molar-refractivity contribution in [3.05, 3.63) is 34.9 Å². The van der Waals surface area contributed by atoms with Crippen LogP contribution < -0.4 is 0 Å². The van der Waals surface area contributed by atoms with E-state index in [1.807, 2.05) is 13.8 Å². The Hall–Kier alpha value is -2.41. The number of epoxide rings is 1. The van der Waals surface area contributed by atoms with Crippen LogP contribution in [0, 0.1) is 5.92 Å². The van der Waals surface area contributed by atoms with Gasteiger partial charge in [-0.15, -0.1) is 0 Å². The summed E-state index contributed by atoms with van der Waals surface area (Å²) in [5, 5.41) is 0. The van der Waals surface area contributed by atoms with Crippen LogP contribution in [-0.2, 0) is 33.3 Å². The third-order valence-electron chi connectivity index (χ3n) is 7.01. The summed E-state index contributed by atoms with van der Waals surface area (Å²) in [6.45, 7) is 12.3. The highest BCUT2D eigenvalue weighted by Gasteiger charge is 2.68. The first-order valence-corrected chi connectivity index (χ1v) is 11.2. The predicted molar refractivity (Wildman–Crippen MR) is 117 cm³/mol. The lowest BCUT2D eigenvalue weighted by molar-refractivity contribution is -0.176. The molecule has 0 aromatic rings. The summed E-state index contributed by atoms with van der Waals surface area (Å²) in [5.41, 5.74) is -0.225. The van der Waals surface area contributed by atoms with Crippen molar-refractivity contribution in [2.45, 2.75) is 97.2 Å². The van der Waals surface area contributed by atoms with E-state index in [2.05, 4.69) is 6.08 Å². The monoisotopic (exact) mass is 446 g/mol. The van der Waals surface area contributed by atoms with Crippen LogP contribution in [0.5, 0.6) is 0 Å². The molecule has 3 aliphatic rings. The molecule has 7 heteroatoms. The van der Waals surface area contributed by atoms with Crippen molar-refractivity contribution in [2.75, 3.05) is 0 Å². The molecule has 2 aliphatic heterocycles. The van der Waals surface area contributed by atoms with Crippen molar-refractivity contribution in [1.29, 1.82) is 0 Å². The Morgan fingerprint density at radius 2 is 1.75 bits per heavy atom. The molecule has 7 nitrogen and oxygen atoms in total. The van der Waals surface area contributed by atoms with Crippen LogP contribution in [0.3, 0.4) is 0 Å². The first-order chi connectivity index (χ1) is 15.0. The maximum Gasteiger partial charge on any atom is 0.351 e. The largest absolute Gasteiger partial charge is 0.458 e. The van der Waals surface area contributed by atoms with E-state index in [-0.39, 0.29) is 0 Å². The molecule has 0 unspecified atom stereocenters. The van der Waals surface area contributed by atoms with E-state index >= 15 is 0 Å². The fourth-order valence-corrected chi connectivity index (χ4v) is 4.55. The zero-order chi connectivity index (χ0) is 23.8. The van der Waals surface area contributed by atoms with Gasteiger partial charge in [0.2, 0.25) is 5.60 Å². The Labute approximate surface area is 189 Å². The molecule has 0 aromatic carbocycles. The highest BCUT2D eigenvalue weighted by atomic mass is 16.7. The fourth-order valence-electron chi connectivity index (χ4n) is 4.55. The number of fused-ring (bicyclic) bond motifs is 2. The summed E-state index contributed by atoms with van der Waals surface area (Å²) < 4.78 is 23.6. The molecule has 2 heterocycles. The molecule has 0 saturated carbocycles. The second-order valence-electron chi connectivity index (χ2n) is 9.42. The van der Waals surface area contributed by atoms with Crippen molar-refractivity contribution >= 4 is 17.9 Å². The summed E-state index contributed by atoms with van der Waals surface area (Å²) in [6, 6.07) is 0. The number of esters is 3. The van der Waals surface area contributed by atoms with E-state index in [1.54, 1.807) is 46.8 Å². The van der Waals surface area contributed by atoms with Gasteiger partial charge in [-0.1, -0.05) is 23.8 Å². The van der Waals surface area contributed by atoms with Crippen molar-refractivity contribution in [3.8, 4) is 0 Å². The summed E-state index contributed by atoms with van der Waals surface area (Å²) in [6.07, 6.45) is 5.60. The molecule has 0 spiro atoms. The van der Waals surface area contributed by atoms with Crippen LogP contribution in [0.15, 0.2) is 34.9 Å². The SMILES string of the molecule is C/C=C(/C)C(=O)O[C@H]1[C@@H]2[C@@H](C/C(C)=C\CC[C@@]3(C)O[C@@H]13)OC(=O)[C@]2(C)OC(=O)/C(C)=C\C. The van der Waals surface area contributed by atoms with Crippen LogP contribution in [0.1, 0.15) is 67.7 Å². The van der Waals surface area contributed by atoms with Crippen molar-refractivity contribution in [2.24, 2.45) is 5.92 Å². The van der Waals surface area contributed by atoms with Gasteiger partial charge in [0.15, 0.2) is 0 Å². The topological polar surface area (TPSA) is 91.4 Å². The standard InChI is InChI=1S/C25H34O7/c1-8-15(4)21(26)30-19-18-17(13-14(3)11-10-12-24(6)20(19)31-24)29-23(28)25(18,7)32-22(27)16(5)9-2/h8-9,11,17-20H,10,12-13H2,1-7H3/b14-11-,15-8-,16-9-/t17-,18+,19+,20+,24-,25-/m1/s1. The van der Waals surface area contributed by atoms with E-state index in [0.717, 1.165) is 18.4 Å². The van der Waals surface area contributed by atoms with E-state index in [1.165, 1.54) is 0 Å². The Kier molecular flexibility index (Phi) is 6.70. The van der Waals surface area contributed by atoms with Gasteiger partial charge in [-0.2, -0.15) is 0 Å². The Morgan fingerprint density at radius 3 is 2.38 bits per heavy atom. The minimum atomic E-state index is -1.62. The normalized spacial score (nSPS) is 39.1. The molecule has 176 valence electrons. The van der Waals surface area contributed by atoms with Gasteiger partial charge in [0.25, 0.3) is 0 Å². The second-order valence-corrected chi connectivity index (χ2v) is 9.42. The summed E-state index contributed by atoms with van der Waals surface area (Å²) in [7, 11) is 0. The van der Waals surface area contributed by atoms with Gasteiger partial charge in [-0.25, -0.2) is 14.4 Å². The maximum atomic E-state index is 13.1. The molecular formula is C25H34O7. The number of carbonyl (C=O) groups is 3. The molecule has 0 radical (unpaired) electrons. The highest BCUT2D eigenvalue weighted by molar-refractivity contribution is 5.92. The summed E-state index contributed by atoms with van der Waals surface area (Å²) in [5.74, 6) is -2.45. The number of carbonyl (C=O) groups excluding carboxylic acids is 3. The van der Waals surface area contributed by atoms with E-state index in [0.29, 0.717) is 17.6 Å². The maximum absolute atomic E-state index is 13.1. The van der Waals surface area contributed by atoms with Gasteiger partial charge < -0.3 is 18.9 Å². The van der Waals surface area contributed by atoms with E-state index < -0.39 is 53.3 Å². The minimum absolute atomic E-state index is 0.379. The van der Waals surface area contributed by atoms with Crippen molar-refractivity contribution in [3.63, 3.8) is 0 Å². The number of ether oxygens (including phenoxy) is 4. The molecule has 0 aromatic heterocycles. The first kappa shape index (κ1) is 24.2. The molecule has 2 fully saturated rings. The quantitative estimate of drug-likeness (QED) is 0.212. The summed E-state index contributed by atoms with van der Waals surface area (Å²) in [4.78, 5) is 38.6. The van der Waals surface area contributed by atoms with Gasteiger partial charge in [0.1, 0.15) is 18.3 Å². The van der Waals surface area contributed by atoms with Crippen LogP contribution in [0.25, 0.3) is 0 Å². The van der Waals surface area contributed by atoms with Crippen LogP contribution in [-0.4, -0.2) is 47.4 Å². The van der Waals surface area contributed by atoms with E-state index in [9.17, 15) is 14.4 Å². The van der Waals surface area contributed by atoms with Crippen molar-refractivity contribution < 1.29 is 33.3 Å². The zero-order valence-corrected chi connectivity index (χ0v) is 20.0. The van der Waals surface area contributed by atoms with Gasteiger partial charge in [0, 0.05) is 17.6 Å². The van der Waals surface area contributed by atoms with Gasteiger partial charge in [0.05, 0.1) is 11.5 Å². The second kappa shape index (κ2) is 8.85. The average Bonchev–Trinajstić information content (AvgIpc) is 3.35. The minimum Gasteiger partial charge on any atom is -0.458 e. The molecule has 2 saturated heterocycles. The first-order valence-electron chi connectivity index (χ1n) is 11.2. The molecule has 6 atom stereocenters. The molecule has 32 heavy (non-hydrogen) atoms. The van der Waals surface area contributed by atoms with Gasteiger partial charge in [-0.3, -0.25) is 0 Å². The van der Waals surface area contributed by atoms with Gasteiger partial charge in [-0.05, 0) is 61.3 Å². The fraction of sp³-hybridized carbons (Fsp3) is 0.640. The number of rotatable bonds is 4. The summed E-state index contributed by atoms with van der Waals surface area (Å²) >= 11 is 0. The van der Waals surface area contributed by atoms with E-state index in [4.69, 9.17) is 18.9 Å². The number of hydrogen-bond acceptors (Lipinski definition) is 7. The number of allylic oxidation sites excluding steroid dienone is 3. The molecule has 0 amide bonds. The predicted octanol–water partition coefficient (Wildman–Crippen LogP) is 3.96. The zero-order valence-electron chi connectivity index (χ0n) is 20.0. The highest BCUT2D eigenvalue weighted by Crippen LogP contribution is 2.51. The molecule has 1 aliphatic carbocycles. The molecule has 0 N–H and O–H groups in total. The van der Waals surface area contributed by atoms with Gasteiger partial charge >= 0.3 is 17.9 Å². The third kappa shape index (κ3) is 4.40. The lowest BCUT2D eigenvalue weighted by Gasteiger charge is -2.35. The molecule has 3 rings (SSSR count). The Bertz CT molecular complexity index is 898. The van der Waals surface area contributed by atoms with Crippen molar-refractivity contribution in [1.82, 2.24) is 0 Å². The lowest BCUT2D eigenvalue weighted by atomic mass is 9.76. The molecule has 0 bridgehead atoms. The van der Waals surface area contributed by atoms with Crippen LogP contribution in [0.4, 0.5) is 0 Å². The Balaban J connectivity index is 2.08. The average molecular weight is 447 g/mol. The Morgan fingerprint density at radius 1 is 1.12 bits per heavy atom. The third-order valence-corrected chi connectivity index (χ3v) is 7.01.